The van der Waals surface area contributed by atoms with E-state index in [-0.39, 0.29) is 0 Å². The monoisotopic (exact) mass is 240 g/mol. The summed E-state index contributed by atoms with van der Waals surface area (Å²) in [5, 5.41) is 6.74. The molecule has 1 rings (SSSR count). The van der Waals surface area contributed by atoms with Gasteiger partial charge in [0.25, 0.3) is 0 Å². The number of nitrogens with one attached hydrogen (secondary N) is 2. The zero-order valence-electron chi connectivity index (χ0n) is 11.8. The molecule has 1 aliphatic rings. The van der Waals surface area contributed by atoms with Crippen LogP contribution < -0.4 is 10.6 Å². The molecule has 0 bridgehead atoms. The van der Waals surface area contributed by atoms with Crippen molar-refractivity contribution in [2.45, 2.75) is 39.7 Å². The number of hydrogen-bond donors (Lipinski definition) is 2. The second-order valence-electron chi connectivity index (χ2n) is 5.05. The maximum atomic E-state index is 4.23. The van der Waals surface area contributed by atoms with Crippen LogP contribution in [0.3, 0.4) is 0 Å². The number of hydrogen-bond acceptors (Lipinski definition) is 2. The van der Waals surface area contributed by atoms with Crippen LogP contribution in [0, 0.1) is 5.92 Å². The Morgan fingerprint density at radius 1 is 1.35 bits per heavy atom. The predicted molar refractivity (Wildman–Crippen MR) is 74.5 cm³/mol. The van der Waals surface area contributed by atoms with Crippen LogP contribution in [0.25, 0.3) is 0 Å². The highest BCUT2D eigenvalue weighted by molar-refractivity contribution is 5.79. The van der Waals surface area contributed by atoms with Crippen LogP contribution in [-0.2, 0) is 0 Å². The number of likely N-dealkylation sites (N-methyl/N-ethyl adjacent to an activating group) is 1. The number of aliphatic imine (C=N–C) groups is 1. The van der Waals surface area contributed by atoms with Crippen molar-refractivity contribution in [1.82, 2.24) is 15.5 Å². The fourth-order valence-electron chi connectivity index (χ4n) is 1.88. The molecule has 2 N–H and O–H groups in total. The molecular weight excluding hydrogens is 212 g/mol. The van der Waals surface area contributed by atoms with Crippen molar-refractivity contribution in [2.24, 2.45) is 10.9 Å². The van der Waals surface area contributed by atoms with Gasteiger partial charge in [-0.2, -0.15) is 0 Å². The minimum atomic E-state index is 0.614. The Bertz CT molecular complexity index is 234. The van der Waals surface area contributed by atoms with Crippen molar-refractivity contribution in [2.75, 3.05) is 33.2 Å². The molecule has 0 aromatic rings. The minimum Gasteiger partial charge on any atom is -0.356 e. The average Bonchev–Trinajstić information content (AvgIpc) is 3.11. The summed E-state index contributed by atoms with van der Waals surface area (Å²) in [4.78, 5) is 6.68. The normalized spacial score (nSPS) is 16.7. The standard InChI is InChI=1S/C13H28N4/c1-5-17(11(2)3)9-8-15-13(14-4)16-10-12-6-7-12/h11-12H,5-10H2,1-4H3,(H2,14,15,16). The molecule has 0 amide bonds. The second-order valence-corrected chi connectivity index (χ2v) is 5.05. The molecule has 4 heteroatoms. The third kappa shape index (κ3) is 5.91. The van der Waals surface area contributed by atoms with E-state index < -0.39 is 0 Å². The molecule has 0 heterocycles. The molecule has 0 spiro atoms. The Balaban J connectivity index is 2.13. The predicted octanol–water partition coefficient (Wildman–Crippen LogP) is 1.29. The summed E-state index contributed by atoms with van der Waals surface area (Å²) in [7, 11) is 1.84. The maximum absolute atomic E-state index is 4.23. The molecule has 0 radical (unpaired) electrons. The Morgan fingerprint density at radius 2 is 2.06 bits per heavy atom. The van der Waals surface area contributed by atoms with Crippen molar-refractivity contribution in [3.05, 3.63) is 0 Å². The Kier molecular flexibility index (Phi) is 6.34. The molecule has 1 aliphatic carbocycles. The van der Waals surface area contributed by atoms with Crippen molar-refractivity contribution in [1.29, 1.82) is 0 Å². The smallest absolute Gasteiger partial charge is 0.191 e. The highest BCUT2D eigenvalue weighted by Gasteiger charge is 2.20. The molecule has 0 saturated heterocycles. The van der Waals surface area contributed by atoms with Gasteiger partial charge in [-0.15, -0.1) is 0 Å². The van der Waals surface area contributed by atoms with Crippen molar-refractivity contribution in [3.8, 4) is 0 Å². The fourth-order valence-corrected chi connectivity index (χ4v) is 1.88. The van der Waals surface area contributed by atoms with Gasteiger partial charge in [-0.05, 0) is 39.2 Å². The molecular formula is C13H28N4. The first-order valence-corrected chi connectivity index (χ1v) is 6.86. The van der Waals surface area contributed by atoms with E-state index in [4.69, 9.17) is 0 Å². The van der Waals surface area contributed by atoms with E-state index in [9.17, 15) is 0 Å². The molecule has 1 fully saturated rings. The van der Waals surface area contributed by atoms with E-state index in [1.54, 1.807) is 0 Å². The maximum Gasteiger partial charge on any atom is 0.191 e. The van der Waals surface area contributed by atoms with Gasteiger partial charge < -0.3 is 10.6 Å². The zero-order valence-corrected chi connectivity index (χ0v) is 11.8. The third-order valence-corrected chi connectivity index (χ3v) is 3.31. The van der Waals surface area contributed by atoms with Crippen LogP contribution in [0.4, 0.5) is 0 Å². The summed E-state index contributed by atoms with van der Waals surface area (Å²) < 4.78 is 0. The van der Waals surface area contributed by atoms with Crippen molar-refractivity contribution < 1.29 is 0 Å². The van der Waals surface area contributed by atoms with Gasteiger partial charge in [0.05, 0.1) is 0 Å². The van der Waals surface area contributed by atoms with Crippen LogP contribution in [0.5, 0.6) is 0 Å². The molecule has 0 atom stereocenters. The Hall–Kier alpha value is -0.770. The van der Waals surface area contributed by atoms with E-state index in [2.05, 4.69) is 41.3 Å². The summed E-state index contributed by atoms with van der Waals surface area (Å²) >= 11 is 0. The lowest BCUT2D eigenvalue weighted by molar-refractivity contribution is 0.237. The van der Waals surface area contributed by atoms with E-state index in [1.807, 2.05) is 7.05 Å². The van der Waals surface area contributed by atoms with Gasteiger partial charge in [0, 0.05) is 32.7 Å². The molecule has 0 aliphatic heterocycles. The topological polar surface area (TPSA) is 39.7 Å². The van der Waals surface area contributed by atoms with Crippen LogP contribution in [0.1, 0.15) is 33.6 Å². The first kappa shape index (κ1) is 14.3. The van der Waals surface area contributed by atoms with Crippen LogP contribution in [0.15, 0.2) is 4.99 Å². The summed E-state index contributed by atoms with van der Waals surface area (Å²) in [6.45, 7) is 10.9. The number of nitrogens with zero attached hydrogens (tertiary/aromatic N) is 2. The highest BCUT2D eigenvalue weighted by Crippen LogP contribution is 2.27. The van der Waals surface area contributed by atoms with Gasteiger partial charge in [0.1, 0.15) is 0 Å². The van der Waals surface area contributed by atoms with Crippen LogP contribution in [0.2, 0.25) is 0 Å². The quantitative estimate of drug-likeness (QED) is 0.520. The average molecular weight is 240 g/mol. The van der Waals surface area contributed by atoms with E-state index in [0.717, 1.165) is 38.1 Å². The van der Waals surface area contributed by atoms with Crippen LogP contribution in [-0.4, -0.2) is 50.1 Å². The summed E-state index contributed by atoms with van der Waals surface area (Å²) in [5.41, 5.74) is 0. The van der Waals surface area contributed by atoms with E-state index in [0.29, 0.717) is 6.04 Å². The summed E-state index contributed by atoms with van der Waals surface area (Å²) in [5.74, 6) is 1.83. The van der Waals surface area contributed by atoms with Gasteiger partial charge in [-0.25, -0.2) is 0 Å². The highest BCUT2D eigenvalue weighted by atomic mass is 15.2. The molecule has 0 unspecified atom stereocenters. The number of guanidine groups is 1. The lowest BCUT2D eigenvalue weighted by atomic mass is 10.3. The second kappa shape index (κ2) is 7.54. The molecule has 1 saturated carbocycles. The first-order chi connectivity index (χ1) is 8.17. The Labute approximate surface area is 106 Å². The lowest BCUT2D eigenvalue weighted by Gasteiger charge is -2.25. The molecule has 17 heavy (non-hydrogen) atoms. The van der Waals surface area contributed by atoms with E-state index in [1.165, 1.54) is 12.8 Å². The molecule has 4 nitrogen and oxygen atoms in total. The Morgan fingerprint density at radius 3 is 2.53 bits per heavy atom. The largest absolute Gasteiger partial charge is 0.356 e. The summed E-state index contributed by atoms with van der Waals surface area (Å²) in [6, 6.07) is 0.614. The van der Waals surface area contributed by atoms with Gasteiger partial charge in [-0.3, -0.25) is 9.89 Å². The first-order valence-electron chi connectivity index (χ1n) is 6.86. The fraction of sp³-hybridized carbons (Fsp3) is 0.923. The molecule has 0 aromatic carbocycles. The minimum absolute atomic E-state index is 0.614. The molecule has 0 aromatic heterocycles. The van der Waals surface area contributed by atoms with Gasteiger partial charge >= 0.3 is 0 Å². The zero-order chi connectivity index (χ0) is 12.7. The van der Waals surface area contributed by atoms with Crippen molar-refractivity contribution in [3.63, 3.8) is 0 Å². The SMILES string of the molecule is CCN(CCNC(=NC)NCC1CC1)C(C)C. The molecule has 100 valence electrons. The van der Waals surface area contributed by atoms with E-state index >= 15 is 0 Å². The van der Waals surface area contributed by atoms with Gasteiger partial charge in [-0.1, -0.05) is 6.92 Å². The number of rotatable bonds is 7. The van der Waals surface area contributed by atoms with Crippen molar-refractivity contribution >= 4 is 5.96 Å². The van der Waals surface area contributed by atoms with Gasteiger partial charge in [0.15, 0.2) is 5.96 Å². The third-order valence-electron chi connectivity index (χ3n) is 3.31. The lowest BCUT2D eigenvalue weighted by Crippen LogP contribution is -2.43. The van der Waals surface area contributed by atoms with Gasteiger partial charge in [0.2, 0.25) is 0 Å². The van der Waals surface area contributed by atoms with Crippen LogP contribution >= 0.6 is 0 Å². The summed E-state index contributed by atoms with van der Waals surface area (Å²) in [6.07, 6.45) is 2.75.